The van der Waals surface area contributed by atoms with Crippen molar-refractivity contribution in [2.45, 2.75) is 6.54 Å². The van der Waals surface area contributed by atoms with Gasteiger partial charge in [-0.05, 0) is 6.07 Å². The van der Waals surface area contributed by atoms with E-state index in [-0.39, 0.29) is 23.7 Å². The Labute approximate surface area is 106 Å². The molecular formula is C10H9N4O5+. The summed E-state index contributed by atoms with van der Waals surface area (Å²) in [7, 11) is 0. The lowest BCUT2D eigenvalue weighted by atomic mass is 10.3. The number of hydrogen-bond acceptors (Lipinski definition) is 7. The van der Waals surface area contributed by atoms with Crippen molar-refractivity contribution >= 4 is 17.5 Å². The number of nitrogens with one attached hydrogen (secondary N) is 1. The number of carbonyl (C=O) groups excluding carboxylic acids is 1. The minimum atomic E-state index is -1.02. The number of aromatic nitrogens is 2. The lowest BCUT2D eigenvalue weighted by Gasteiger charge is -2.03. The maximum atomic E-state index is 10.9. The molecule has 0 fully saturated rings. The largest absolute Gasteiger partial charge is 0.567 e. The van der Waals surface area contributed by atoms with Crippen molar-refractivity contribution in [3.05, 3.63) is 46.3 Å². The minimum absolute atomic E-state index is 0.0798. The van der Waals surface area contributed by atoms with Crippen LogP contribution in [0.2, 0.25) is 0 Å². The molecule has 0 amide bonds. The fraction of sp³-hybridized carbons (Fsp3) is 0.100. The highest BCUT2D eigenvalue weighted by Crippen LogP contribution is 2.22. The van der Waals surface area contributed by atoms with Crippen molar-refractivity contribution in [3.63, 3.8) is 0 Å². The van der Waals surface area contributed by atoms with Crippen LogP contribution in [0.3, 0.4) is 0 Å². The fourth-order valence-corrected chi connectivity index (χ4v) is 1.36. The van der Waals surface area contributed by atoms with Crippen LogP contribution in [-0.2, 0) is 6.54 Å². The van der Waals surface area contributed by atoms with Crippen LogP contribution in [0.4, 0.5) is 11.5 Å². The van der Waals surface area contributed by atoms with Crippen LogP contribution in [-0.4, -0.2) is 26.0 Å². The smallest absolute Gasteiger partial charge is 0.560 e. The maximum Gasteiger partial charge on any atom is 0.567 e. The first-order valence-corrected chi connectivity index (χ1v) is 5.11. The van der Waals surface area contributed by atoms with E-state index in [4.69, 9.17) is 9.52 Å². The topological polar surface area (TPSA) is 134 Å². The third-order valence-electron chi connectivity index (χ3n) is 2.19. The molecule has 0 aliphatic carbocycles. The summed E-state index contributed by atoms with van der Waals surface area (Å²) in [5.41, 5.74) is -0.475. The Balaban J connectivity index is 2.27. The number of nitrogens with zero attached hydrogens (tertiary/aromatic N) is 3. The summed E-state index contributed by atoms with van der Waals surface area (Å²) in [4.78, 5) is 28.6. The predicted octanol–water partition coefficient (Wildman–Crippen LogP) is 0.455. The molecule has 9 nitrogen and oxygen atoms in total. The molecule has 9 heteroatoms. The molecule has 0 radical (unpaired) electrons. The number of carbonyl (C=O) groups is 1. The summed E-state index contributed by atoms with van der Waals surface area (Å²) in [5, 5.41) is 20.4. The van der Waals surface area contributed by atoms with Crippen molar-refractivity contribution in [1.29, 1.82) is 0 Å². The number of anilines is 1. The zero-order valence-corrected chi connectivity index (χ0v) is 9.49. The predicted molar refractivity (Wildman–Crippen MR) is 62.7 cm³/mol. The summed E-state index contributed by atoms with van der Waals surface area (Å²) in [6, 6.07) is 2.25. The zero-order valence-electron chi connectivity index (χ0n) is 9.49. The van der Waals surface area contributed by atoms with Crippen LogP contribution in [0.1, 0.15) is 16.4 Å². The van der Waals surface area contributed by atoms with Gasteiger partial charge in [0.25, 0.3) is 0 Å². The zero-order chi connectivity index (χ0) is 13.8. The average Bonchev–Trinajstić information content (AvgIpc) is 2.88. The number of nitro groups is 1. The molecule has 19 heavy (non-hydrogen) atoms. The Morgan fingerprint density at radius 1 is 1.53 bits per heavy atom. The van der Waals surface area contributed by atoms with E-state index in [9.17, 15) is 14.9 Å². The lowest BCUT2D eigenvalue weighted by Crippen LogP contribution is -2.08. The first-order chi connectivity index (χ1) is 9.08. The van der Waals surface area contributed by atoms with Crippen molar-refractivity contribution in [2.24, 2.45) is 0 Å². The average molecular weight is 265 g/mol. The molecule has 0 aromatic carbocycles. The SMILES string of the molecule is O=C([OH2+])c1ccc([N+](=O)[O-])c(NCc2ncco2)n1. The molecule has 2 rings (SSSR count). The summed E-state index contributed by atoms with van der Waals surface area (Å²) in [6.07, 6.45) is 2.80. The van der Waals surface area contributed by atoms with E-state index < -0.39 is 10.9 Å². The van der Waals surface area contributed by atoms with Crippen molar-refractivity contribution in [1.82, 2.24) is 9.97 Å². The molecule has 3 N–H and O–H groups in total. The Bertz CT molecular complexity index is 610. The molecule has 0 saturated carbocycles. The van der Waals surface area contributed by atoms with Crippen molar-refractivity contribution < 1.29 is 19.2 Å². The van der Waals surface area contributed by atoms with Gasteiger partial charge in [-0.15, -0.1) is 0 Å². The monoisotopic (exact) mass is 265 g/mol. The number of rotatable bonds is 5. The fourth-order valence-electron chi connectivity index (χ4n) is 1.36. The lowest BCUT2D eigenvalue weighted by molar-refractivity contribution is -0.384. The molecule has 0 spiro atoms. The van der Waals surface area contributed by atoms with E-state index in [1.54, 1.807) is 0 Å². The Hall–Kier alpha value is -2.97. The van der Waals surface area contributed by atoms with Gasteiger partial charge in [-0.1, -0.05) is 0 Å². The van der Waals surface area contributed by atoms with Crippen LogP contribution >= 0.6 is 0 Å². The van der Waals surface area contributed by atoms with Gasteiger partial charge >= 0.3 is 11.7 Å². The number of pyridine rings is 1. The van der Waals surface area contributed by atoms with Gasteiger partial charge in [0.05, 0.1) is 17.7 Å². The summed E-state index contributed by atoms with van der Waals surface area (Å²) < 4.78 is 4.96. The second kappa shape index (κ2) is 5.12. The second-order valence-electron chi connectivity index (χ2n) is 3.43. The third kappa shape index (κ3) is 2.83. The minimum Gasteiger partial charge on any atom is -0.560 e. The van der Waals surface area contributed by atoms with Gasteiger partial charge in [-0.25, -0.2) is 9.97 Å². The molecule has 0 aliphatic heterocycles. The van der Waals surface area contributed by atoms with Crippen molar-refractivity contribution in [3.8, 4) is 0 Å². The molecular weight excluding hydrogens is 256 g/mol. The van der Waals surface area contributed by atoms with Crippen molar-refractivity contribution in [2.75, 3.05) is 5.32 Å². The number of hydrogen-bond donors (Lipinski definition) is 1. The van der Waals surface area contributed by atoms with Gasteiger partial charge < -0.3 is 14.8 Å². The van der Waals surface area contributed by atoms with E-state index in [0.717, 1.165) is 12.1 Å². The Morgan fingerprint density at radius 2 is 2.32 bits per heavy atom. The van der Waals surface area contributed by atoms with Gasteiger partial charge in [0.1, 0.15) is 6.26 Å². The Kier molecular flexibility index (Phi) is 3.37. The Morgan fingerprint density at radius 3 is 2.89 bits per heavy atom. The van der Waals surface area contributed by atoms with E-state index in [0.29, 0.717) is 5.89 Å². The molecule has 2 heterocycles. The first-order valence-electron chi connectivity index (χ1n) is 5.11. The first kappa shape index (κ1) is 12.5. The summed E-state index contributed by atoms with van der Waals surface area (Å²) >= 11 is 0. The van der Waals surface area contributed by atoms with Crippen LogP contribution in [0.5, 0.6) is 0 Å². The van der Waals surface area contributed by atoms with Crippen LogP contribution in [0.25, 0.3) is 0 Å². The van der Waals surface area contributed by atoms with Gasteiger partial charge in [-0.2, -0.15) is 0 Å². The summed E-state index contributed by atoms with van der Waals surface area (Å²) in [6.45, 7) is 0.0798. The normalized spacial score (nSPS) is 10.1. The third-order valence-corrected chi connectivity index (χ3v) is 2.19. The number of oxazole rings is 1. The van der Waals surface area contributed by atoms with E-state index >= 15 is 0 Å². The molecule has 2 aromatic rings. The highest BCUT2D eigenvalue weighted by atomic mass is 16.6. The van der Waals surface area contributed by atoms with Gasteiger partial charge in [-0.3, -0.25) is 10.1 Å². The molecule has 2 aromatic heterocycles. The van der Waals surface area contributed by atoms with E-state index in [1.807, 2.05) is 0 Å². The highest BCUT2D eigenvalue weighted by Gasteiger charge is 2.21. The molecule has 0 bridgehead atoms. The molecule has 0 atom stereocenters. The standard InChI is InChI=1S/C10H8N4O5/c15-10(16)6-1-2-7(14(17)18)9(13-6)12-5-8-11-3-4-19-8/h1-4H,5H2,(H,12,13)(H,15,16)/p+1. The molecule has 0 saturated heterocycles. The second-order valence-corrected chi connectivity index (χ2v) is 3.43. The van der Waals surface area contributed by atoms with E-state index in [2.05, 4.69) is 15.3 Å². The summed E-state index contributed by atoms with van der Waals surface area (Å²) in [5.74, 6) is -0.811. The van der Waals surface area contributed by atoms with Gasteiger partial charge in [0.15, 0.2) is 0 Å². The molecule has 0 aliphatic rings. The van der Waals surface area contributed by atoms with Crippen LogP contribution in [0.15, 0.2) is 29.0 Å². The molecule has 98 valence electrons. The van der Waals surface area contributed by atoms with Crippen LogP contribution < -0.4 is 5.32 Å². The quantitative estimate of drug-likeness (QED) is 0.471. The maximum absolute atomic E-state index is 10.9. The highest BCUT2D eigenvalue weighted by molar-refractivity contribution is 5.86. The van der Waals surface area contributed by atoms with Gasteiger partial charge in [0, 0.05) is 10.9 Å². The van der Waals surface area contributed by atoms with E-state index in [1.165, 1.54) is 12.5 Å². The molecule has 0 unspecified atom stereocenters. The van der Waals surface area contributed by atoms with Crippen LogP contribution in [0, 0.1) is 10.1 Å². The van der Waals surface area contributed by atoms with Gasteiger partial charge in [0.2, 0.25) is 17.4 Å².